The number of hydrogen-bond donors (Lipinski definition) is 1. The SMILES string of the molecule is O=C(Nc1ccccc1)c1cnc2ccc(-c3ccccc3)nn12. The molecule has 0 bridgehead atoms. The van der Waals surface area contributed by atoms with E-state index in [0.717, 1.165) is 16.9 Å². The molecule has 2 aromatic heterocycles. The maximum Gasteiger partial charge on any atom is 0.276 e. The number of hydrogen-bond acceptors (Lipinski definition) is 3. The summed E-state index contributed by atoms with van der Waals surface area (Å²) in [6, 6.07) is 22.9. The third-order valence-electron chi connectivity index (χ3n) is 3.70. The van der Waals surface area contributed by atoms with Crippen LogP contribution in [0.15, 0.2) is 79.0 Å². The second kappa shape index (κ2) is 5.96. The molecule has 0 saturated carbocycles. The zero-order valence-electron chi connectivity index (χ0n) is 12.8. The summed E-state index contributed by atoms with van der Waals surface area (Å²) in [4.78, 5) is 16.8. The molecule has 0 unspecified atom stereocenters. The number of amides is 1. The highest BCUT2D eigenvalue weighted by atomic mass is 16.2. The summed E-state index contributed by atoms with van der Waals surface area (Å²) in [6.07, 6.45) is 1.54. The van der Waals surface area contributed by atoms with E-state index in [1.54, 1.807) is 4.52 Å². The van der Waals surface area contributed by atoms with Gasteiger partial charge in [-0.2, -0.15) is 5.10 Å². The number of nitrogens with one attached hydrogen (secondary N) is 1. The van der Waals surface area contributed by atoms with E-state index in [4.69, 9.17) is 0 Å². The van der Waals surface area contributed by atoms with Gasteiger partial charge in [-0.05, 0) is 24.3 Å². The lowest BCUT2D eigenvalue weighted by atomic mass is 10.1. The van der Waals surface area contributed by atoms with Crippen molar-refractivity contribution >= 4 is 17.2 Å². The van der Waals surface area contributed by atoms with Gasteiger partial charge in [0.15, 0.2) is 11.3 Å². The second-order valence-electron chi connectivity index (χ2n) is 5.32. The average Bonchev–Trinajstić information content (AvgIpc) is 3.06. The van der Waals surface area contributed by atoms with Gasteiger partial charge in [0.2, 0.25) is 0 Å². The molecule has 0 fully saturated rings. The Hall–Kier alpha value is -3.47. The van der Waals surface area contributed by atoms with Crippen molar-refractivity contribution in [2.75, 3.05) is 5.32 Å². The first-order valence-corrected chi connectivity index (χ1v) is 7.58. The Labute approximate surface area is 138 Å². The summed E-state index contributed by atoms with van der Waals surface area (Å²) in [6.45, 7) is 0. The van der Waals surface area contributed by atoms with Crippen molar-refractivity contribution in [1.82, 2.24) is 14.6 Å². The Balaban J connectivity index is 1.72. The predicted molar refractivity (Wildman–Crippen MR) is 92.8 cm³/mol. The van der Waals surface area contributed by atoms with Crippen LogP contribution in [0.25, 0.3) is 16.9 Å². The number of anilines is 1. The molecular formula is C19H14N4O. The number of rotatable bonds is 3. The van der Waals surface area contributed by atoms with E-state index in [2.05, 4.69) is 15.4 Å². The maximum absolute atomic E-state index is 12.5. The van der Waals surface area contributed by atoms with Gasteiger partial charge in [-0.3, -0.25) is 4.79 Å². The quantitative estimate of drug-likeness (QED) is 0.628. The van der Waals surface area contributed by atoms with Crippen molar-refractivity contribution in [3.63, 3.8) is 0 Å². The Bertz CT molecular complexity index is 994. The number of nitrogens with zero attached hydrogens (tertiary/aromatic N) is 3. The lowest BCUT2D eigenvalue weighted by Gasteiger charge is -2.06. The molecule has 1 amide bonds. The maximum atomic E-state index is 12.5. The largest absolute Gasteiger partial charge is 0.321 e. The van der Waals surface area contributed by atoms with Gasteiger partial charge in [-0.25, -0.2) is 9.50 Å². The monoisotopic (exact) mass is 314 g/mol. The van der Waals surface area contributed by atoms with E-state index in [9.17, 15) is 4.79 Å². The molecule has 4 aromatic rings. The van der Waals surface area contributed by atoms with Crippen LogP contribution in [0.5, 0.6) is 0 Å². The fraction of sp³-hybridized carbons (Fsp3) is 0. The van der Waals surface area contributed by atoms with E-state index < -0.39 is 0 Å². The standard InChI is InChI=1S/C19H14N4O/c24-19(21-15-9-5-2-6-10-15)17-13-20-18-12-11-16(22-23(17)18)14-7-3-1-4-8-14/h1-13H,(H,21,24). The van der Waals surface area contributed by atoms with Gasteiger partial charge in [0.1, 0.15) is 0 Å². The highest BCUT2D eigenvalue weighted by Crippen LogP contribution is 2.18. The molecule has 0 radical (unpaired) electrons. The number of para-hydroxylation sites is 1. The number of imidazole rings is 1. The van der Waals surface area contributed by atoms with Crippen molar-refractivity contribution < 1.29 is 4.79 Å². The molecular weight excluding hydrogens is 300 g/mol. The summed E-state index contributed by atoms with van der Waals surface area (Å²) in [5.74, 6) is -0.244. The van der Waals surface area contributed by atoms with Gasteiger partial charge < -0.3 is 5.32 Å². The molecule has 0 saturated heterocycles. The van der Waals surface area contributed by atoms with Crippen LogP contribution in [0.1, 0.15) is 10.5 Å². The van der Waals surface area contributed by atoms with Gasteiger partial charge >= 0.3 is 0 Å². The minimum absolute atomic E-state index is 0.244. The first-order chi connectivity index (χ1) is 11.8. The van der Waals surface area contributed by atoms with Crippen molar-refractivity contribution in [3.8, 4) is 11.3 Å². The molecule has 0 aliphatic carbocycles. The average molecular weight is 314 g/mol. The fourth-order valence-corrected chi connectivity index (χ4v) is 2.51. The molecule has 116 valence electrons. The first-order valence-electron chi connectivity index (χ1n) is 7.58. The zero-order chi connectivity index (χ0) is 16.4. The number of aromatic nitrogens is 3. The first kappa shape index (κ1) is 14.1. The molecule has 0 spiro atoms. The molecule has 1 N–H and O–H groups in total. The van der Waals surface area contributed by atoms with Crippen molar-refractivity contribution in [3.05, 3.63) is 84.7 Å². The van der Waals surface area contributed by atoms with Crippen molar-refractivity contribution in [2.24, 2.45) is 0 Å². The van der Waals surface area contributed by atoms with Crippen LogP contribution in [0.3, 0.4) is 0 Å². The molecule has 5 nitrogen and oxygen atoms in total. The molecule has 0 aliphatic rings. The Morgan fingerprint density at radius 3 is 2.33 bits per heavy atom. The summed E-state index contributed by atoms with van der Waals surface area (Å²) >= 11 is 0. The van der Waals surface area contributed by atoms with Gasteiger partial charge in [0.05, 0.1) is 11.9 Å². The van der Waals surface area contributed by atoms with Gasteiger partial charge in [-0.15, -0.1) is 0 Å². The number of carbonyl (C=O) groups is 1. The third-order valence-corrected chi connectivity index (χ3v) is 3.70. The molecule has 2 aromatic carbocycles. The van der Waals surface area contributed by atoms with E-state index in [-0.39, 0.29) is 5.91 Å². The van der Waals surface area contributed by atoms with Crippen molar-refractivity contribution in [2.45, 2.75) is 0 Å². The molecule has 5 heteroatoms. The minimum atomic E-state index is -0.244. The van der Waals surface area contributed by atoms with Gasteiger partial charge in [-0.1, -0.05) is 48.5 Å². The van der Waals surface area contributed by atoms with E-state index in [0.29, 0.717) is 11.3 Å². The van der Waals surface area contributed by atoms with E-state index >= 15 is 0 Å². The highest BCUT2D eigenvalue weighted by Gasteiger charge is 2.14. The number of carbonyl (C=O) groups excluding carboxylic acids is 1. The summed E-state index contributed by atoms with van der Waals surface area (Å²) in [7, 11) is 0. The highest BCUT2D eigenvalue weighted by molar-refractivity contribution is 6.03. The molecule has 2 heterocycles. The summed E-state index contributed by atoms with van der Waals surface area (Å²) in [5.41, 5.74) is 3.54. The fourth-order valence-electron chi connectivity index (χ4n) is 2.51. The van der Waals surface area contributed by atoms with Crippen LogP contribution in [-0.2, 0) is 0 Å². The molecule has 24 heavy (non-hydrogen) atoms. The Morgan fingerprint density at radius 2 is 1.58 bits per heavy atom. The van der Waals surface area contributed by atoms with E-state index in [1.165, 1.54) is 6.20 Å². The number of fused-ring (bicyclic) bond motifs is 1. The molecule has 0 atom stereocenters. The molecule has 0 aliphatic heterocycles. The van der Waals surface area contributed by atoms with Crippen LogP contribution in [-0.4, -0.2) is 20.5 Å². The van der Waals surface area contributed by atoms with Crippen LogP contribution in [0, 0.1) is 0 Å². The van der Waals surface area contributed by atoms with Gasteiger partial charge in [0, 0.05) is 11.3 Å². The second-order valence-corrected chi connectivity index (χ2v) is 5.32. The Morgan fingerprint density at radius 1 is 0.875 bits per heavy atom. The lowest BCUT2D eigenvalue weighted by Crippen LogP contribution is -2.15. The topological polar surface area (TPSA) is 59.3 Å². The lowest BCUT2D eigenvalue weighted by molar-refractivity contribution is 0.102. The van der Waals surface area contributed by atoms with Gasteiger partial charge in [0.25, 0.3) is 5.91 Å². The summed E-state index contributed by atoms with van der Waals surface area (Å²) in [5, 5.41) is 7.42. The van der Waals surface area contributed by atoms with Crippen LogP contribution < -0.4 is 5.32 Å². The van der Waals surface area contributed by atoms with Crippen LogP contribution in [0.2, 0.25) is 0 Å². The van der Waals surface area contributed by atoms with Crippen molar-refractivity contribution in [1.29, 1.82) is 0 Å². The third kappa shape index (κ3) is 2.63. The normalized spacial score (nSPS) is 10.7. The van der Waals surface area contributed by atoms with E-state index in [1.807, 2.05) is 72.8 Å². The Kier molecular flexibility index (Phi) is 3.51. The zero-order valence-corrected chi connectivity index (χ0v) is 12.8. The number of benzene rings is 2. The predicted octanol–water partition coefficient (Wildman–Crippen LogP) is 3.65. The molecule has 4 rings (SSSR count). The smallest absolute Gasteiger partial charge is 0.276 e. The minimum Gasteiger partial charge on any atom is -0.321 e. The van der Waals surface area contributed by atoms with Crippen LogP contribution in [0.4, 0.5) is 5.69 Å². The van der Waals surface area contributed by atoms with Crippen LogP contribution >= 0.6 is 0 Å². The summed E-state index contributed by atoms with van der Waals surface area (Å²) < 4.78 is 1.57.